The summed E-state index contributed by atoms with van der Waals surface area (Å²) in [5.41, 5.74) is -2.33. The molecular formula is C18H12FN5O7. The third-order valence-electron chi connectivity index (χ3n) is 3.89. The first-order valence-corrected chi connectivity index (χ1v) is 8.34. The summed E-state index contributed by atoms with van der Waals surface area (Å²) in [6.07, 6.45) is 0. The molecule has 0 radical (unpaired) electrons. The zero-order valence-electron chi connectivity index (χ0n) is 15.2. The molecule has 13 heteroatoms. The van der Waals surface area contributed by atoms with Crippen LogP contribution in [0.2, 0.25) is 0 Å². The van der Waals surface area contributed by atoms with E-state index in [1.54, 1.807) is 0 Å². The van der Waals surface area contributed by atoms with E-state index in [4.69, 9.17) is 5.11 Å². The molecule has 0 aliphatic heterocycles. The molecule has 0 atom stereocenters. The first kappa shape index (κ1) is 20.9. The number of aromatic amines is 1. The van der Waals surface area contributed by atoms with Crippen molar-refractivity contribution < 1.29 is 29.1 Å². The van der Waals surface area contributed by atoms with E-state index < -0.39 is 45.4 Å². The van der Waals surface area contributed by atoms with E-state index >= 15 is 0 Å². The Bertz CT molecular complexity index is 1270. The minimum atomic E-state index is -1.60. The van der Waals surface area contributed by atoms with E-state index in [9.17, 15) is 34.0 Å². The molecular weight excluding hydrogens is 417 g/mol. The van der Waals surface area contributed by atoms with Gasteiger partial charge in [-0.3, -0.25) is 14.9 Å². The molecule has 0 unspecified atom stereocenters. The van der Waals surface area contributed by atoms with Crippen molar-refractivity contribution in [2.75, 3.05) is 10.6 Å². The SMILES string of the molecule is O=C(Nc1cccc(-c2nc(C(=O)O)c(O)c(=O)[nH]2)c1)Nc1ccc(F)c([N+](=O)[O-])c1. The van der Waals surface area contributed by atoms with Crippen molar-refractivity contribution in [1.29, 1.82) is 0 Å². The molecule has 3 rings (SSSR count). The first-order chi connectivity index (χ1) is 14.7. The molecule has 0 aliphatic carbocycles. The van der Waals surface area contributed by atoms with Crippen molar-refractivity contribution in [2.24, 2.45) is 0 Å². The van der Waals surface area contributed by atoms with E-state index in [1.807, 2.05) is 0 Å². The van der Waals surface area contributed by atoms with Crippen molar-refractivity contribution >= 4 is 29.1 Å². The maximum atomic E-state index is 13.4. The molecule has 2 aromatic carbocycles. The van der Waals surface area contributed by atoms with Gasteiger partial charge in [-0.25, -0.2) is 14.6 Å². The maximum Gasteiger partial charge on any atom is 0.358 e. The molecule has 158 valence electrons. The third-order valence-corrected chi connectivity index (χ3v) is 3.89. The van der Waals surface area contributed by atoms with Crippen LogP contribution < -0.4 is 16.2 Å². The summed E-state index contributed by atoms with van der Waals surface area (Å²) >= 11 is 0. The molecule has 0 spiro atoms. The van der Waals surface area contributed by atoms with Crippen LogP contribution >= 0.6 is 0 Å². The van der Waals surface area contributed by atoms with Crippen LogP contribution in [-0.4, -0.2) is 37.1 Å². The van der Waals surface area contributed by atoms with Gasteiger partial charge in [0.2, 0.25) is 11.6 Å². The lowest BCUT2D eigenvalue weighted by Crippen LogP contribution is -2.19. The summed E-state index contributed by atoms with van der Waals surface area (Å²) in [4.78, 5) is 50.8. The van der Waals surface area contributed by atoms with E-state index in [2.05, 4.69) is 20.6 Å². The quantitative estimate of drug-likeness (QED) is 0.302. The number of carboxylic acids is 1. The van der Waals surface area contributed by atoms with Crippen LogP contribution in [0, 0.1) is 15.9 Å². The number of nitrogens with zero attached hydrogens (tertiary/aromatic N) is 2. The largest absolute Gasteiger partial charge is 0.501 e. The maximum absolute atomic E-state index is 13.4. The standard InChI is InChI=1S/C18H12FN5O7/c19-11-5-4-10(7-12(11)24(30)31)21-18(29)20-9-3-1-2-8(6-9)15-22-13(17(27)28)14(25)16(26)23-15/h1-7,25H,(H,27,28)(H2,20,21,29)(H,22,23,26). The number of H-pyrrole nitrogens is 1. The number of aromatic carboxylic acids is 1. The summed E-state index contributed by atoms with van der Waals surface area (Å²) in [6, 6.07) is 7.77. The fourth-order valence-electron chi connectivity index (χ4n) is 2.52. The van der Waals surface area contributed by atoms with Gasteiger partial charge in [-0.05, 0) is 24.3 Å². The molecule has 12 nitrogen and oxygen atoms in total. The van der Waals surface area contributed by atoms with Crippen LogP contribution in [0.25, 0.3) is 11.4 Å². The van der Waals surface area contributed by atoms with E-state index in [0.29, 0.717) is 0 Å². The molecule has 2 amide bonds. The van der Waals surface area contributed by atoms with Gasteiger partial charge in [0, 0.05) is 23.0 Å². The fourth-order valence-corrected chi connectivity index (χ4v) is 2.52. The van der Waals surface area contributed by atoms with Gasteiger partial charge in [-0.1, -0.05) is 12.1 Å². The van der Waals surface area contributed by atoms with Crippen molar-refractivity contribution in [2.45, 2.75) is 0 Å². The number of urea groups is 1. The van der Waals surface area contributed by atoms with E-state index in [0.717, 1.165) is 18.2 Å². The molecule has 1 heterocycles. The van der Waals surface area contributed by atoms with Gasteiger partial charge in [0.25, 0.3) is 5.56 Å². The number of carboxylic acid groups (broad SMARTS) is 1. The normalized spacial score (nSPS) is 10.4. The number of anilines is 2. The summed E-state index contributed by atoms with van der Waals surface area (Å²) in [5, 5.41) is 34.1. The van der Waals surface area contributed by atoms with Gasteiger partial charge in [0.05, 0.1) is 4.92 Å². The minimum absolute atomic E-state index is 0.0302. The van der Waals surface area contributed by atoms with Gasteiger partial charge >= 0.3 is 17.7 Å². The molecule has 0 saturated heterocycles. The lowest BCUT2D eigenvalue weighted by molar-refractivity contribution is -0.387. The second kappa shape index (κ2) is 8.28. The Balaban J connectivity index is 1.82. The number of carbonyl (C=O) groups is 2. The number of benzene rings is 2. The van der Waals surface area contributed by atoms with Gasteiger partial charge in [-0.15, -0.1) is 0 Å². The Labute approximate surface area is 171 Å². The average molecular weight is 429 g/mol. The highest BCUT2D eigenvalue weighted by atomic mass is 19.1. The summed E-state index contributed by atoms with van der Waals surface area (Å²) < 4.78 is 13.4. The average Bonchev–Trinajstić information content (AvgIpc) is 2.71. The Morgan fingerprint density at radius 2 is 1.81 bits per heavy atom. The summed E-state index contributed by atoms with van der Waals surface area (Å²) in [6.45, 7) is 0. The number of amides is 2. The molecule has 31 heavy (non-hydrogen) atoms. The smallest absolute Gasteiger partial charge is 0.358 e. The number of nitrogens with one attached hydrogen (secondary N) is 3. The molecule has 1 aromatic heterocycles. The highest BCUT2D eigenvalue weighted by molar-refractivity contribution is 6.00. The molecule has 0 fully saturated rings. The van der Waals surface area contributed by atoms with Crippen molar-refractivity contribution in [3.8, 4) is 17.1 Å². The van der Waals surface area contributed by atoms with Crippen LogP contribution in [0.4, 0.5) is 26.2 Å². The molecule has 0 aliphatic rings. The molecule has 5 N–H and O–H groups in total. The topological polar surface area (TPSA) is 188 Å². The number of hydrogen-bond donors (Lipinski definition) is 5. The number of halogens is 1. The number of nitro groups is 1. The highest BCUT2D eigenvalue weighted by Crippen LogP contribution is 2.23. The monoisotopic (exact) mass is 429 g/mol. The van der Waals surface area contributed by atoms with Crippen molar-refractivity contribution in [3.63, 3.8) is 0 Å². The highest BCUT2D eigenvalue weighted by Gasteiger charge is 2.18. The number of aromatic hydroxyl groups is 1. The minimum Gasteiger partial charge on any atom is -0.501 e. The Morgan fingerprint density at radius 1 is 1.13 bits per heavy atom. The van der Waals surface area contributed by atoms with Gasteiger partial charge < -0.3 is 25.8 Å². The van der Waals surface area contributed by atoms with Gasteiger partial charge in [-0.2, -0.15) is 4.39 Å². The summed E-state index contributed by atoms with van der Waals surface area (Å²) in [5.74, 6) is -3.87. The van der Waals surface area contributed by atoms with Crippen LogP contribution in [0.3, 0.4) is 0 Å². The van der Waals surface area contributed by atoms with Gasteiger partial charge in [0.15, 0.2) is 5.69 Å². The van der Waals surface area contributed by atoms with E-state index in [1.165, 1.54) is 24.3 Å². The Morgan fingerprint density at radius 3 is 2.45 bits per heavy atom. The van der Waals surface area contributed by atoms with Crippen molar-refractivity contribution in [1.82, 2.24) is 9.97 Å². The predicted octanol–water partition coefficient (Wildman–Crippen LogP) is 2.53. The Hall–Kier alpha value is -4.81. The number of hydrogen-bond acceptors (Lipinski definition) is 7. The fraction of sp³-hybridized carbons (Fsp3) is 0. The zero-order valence-corrected chi connectivity index (χ0v) is 15.2. The number of aromatic nitrogens is 2. The van der Waals surface area contributed by atoms with Crippen LogP contribution in [0.5, 0.6) is 5.75 Å². The Kier molecular flexibility index (Phi) is 5.59. The zero-order chi connectivity index (χ0) is 22.7. The second-order valence-electron chi connectivity index (χ2n) is 6.00. The molecule has 0 bridgehead atoms. The number of carbonyl (C=O) groups excluding carboxylic acids is 1. The lowest BCUT2D eigenvalue weighted by Gasteiger charge is -2.09. The summed E-state index contributed by atoms with van der Waals surface area (Å²) in [7, 11) is 0. The van der Waals surface area contributed by atoms with E-state index in [-0.39, 0.29) is 22.8 Å². The van der Waals surface area contributed by atoms with Crippen LogP contribution in [0.15, 0.2) is 47.3 Å². The molecule has 0 saturated carbocycles. The third kappa shape index (κ3) is 4.61. The van der Waals surface area contributed by atoms with Crippen LogP contribution in [0.1, 0.15) is 10.5 Å². The van der Waals surface area contributed by atoms with Crippen molar-refractivity contribution in [3.05, 3.63) is 74.4 Å². The number of nitro benzene ring substituents is 1. The number of rotatable bonds is 5. The lowest BCUT2D eigenvalue weighted by atomic mass is 10.2. The van der Waals surface area contributed by atoms with Crippen LogP contribution in [-0.2, 0) is 0 Å². The predicted molar refractivity (Wildman–Crippen MR) is 105 cm³/mol. The second-order valence-corrected chi connectivity index (χ2v) is 6.00. The van der Waals surface area contributed by atoms with Gasteiger partial charge in [0.1, 0.15) is 5.82 Å². The molecule has 3 aromatic rings. The first-order valence-electron chi connectivity index (χ1n) is 8.34.